The zero-order valence-corrected chi connectivity index (χ0v) is 10.9. The van der Waals surface area contributed by atoms with Crippen molar-refractivity contribution >= 4 is 22.6 Å². The van der Waals surface area contributed by atoms with E-state index in [2.05, 4.69) is 14.9 Å². The first-order valence-corrected chi connectivity index (χ1v) is 6.56. The number of carbonyl (C=O) groups excluding carboxylic acids is 1. The van der Waals surface area contributed by atoms with Gasteiger partial charge < -0.3 is 15.7 Å². The molecule has 0 aromatic carbocycles. The van der Waals surface area contributed by atoms with Crippen molar-refractivity contribution in [3.63, 3.8) is 0 Å². The molecule has 1 fully saturated rings. The van der Waals surface area contributed by atoms with Gasteiger partial charge in [-0.25, -0.2) is 9.97 Å². The molecule has 1 saturated heterocycles. The van der Waals surface area contributed by atoms with E-state index < -0.39 is 6.10 Å². The third-order valence-corrected chi connectivity index (χ3v) is 3.70. The topological polar surface area (TPSA) is 92.3 Å². The molecule has 3 heterocycles. The fourth-order valence-electron chi connectivity index (χ4n) is 2.75. The zero-order valence-electron chi connectivity index (χ0n) is 10.9. The smallest absolute Gasteiger partial charge is 0.217 e. The number of anilines is 1. The van der Waals surface area contributed by atoms with E-state index in [-0.39, 0.29) is 18.2 Å². The third-order valence-electron chi connectivity index (χ3n) is 3.70. The first-order chi connectivity index (χ1) is 9.65. The molecule has 0 saturated carbocycles. The van der Waals surface area contributed by atoms with Crippen LogP contribution in [0.15, 0.2) is 30.6 Å². The van der Waals surface area contributed by atoms with E-state index in [4.69, 9.17) is 5.73 Å². The molecule has 104 valence electrons. The monoisotopic (exact) mass is 272 g/mol. The number of β-amino-alcohol motifs (C(OH)–C–C–N with tert-alkyl or cyclic N) is 1. The Bertz CT molecular complexity index is 641. The minimum absolute atomic E-state index is 0.118. The van der Waals surface area contributed by atoms with Crippen LogP contribution >= 0.6 is 0 Å². The second-order valence-electron chi connectivity index (χ2n) is 5.11. The number of nitrogens with zero attached hydrogens (tertiary/aromatic N) is 3. The van der Waals surface area contributed by atoms with Crippen LogP contribution in [0.2, 0.25) is 0 Å². The number of nitrogens with two attached hydrogens (primary N) is 1. The van der Waals surface area contributed by atoms with Crippen LogP contribution in [0.1, 0.15) is 6.42 Å². The van der Waals surface area contributed by atoms with E-state index in [0.29, 0.717) is 18.7 Å². The Hall–Kier alpha value is -2.21. The highest BCUT2D eigenvalue weighted by atomic mass is 16.3. The van der Waals surface area contributed by atoms with Gasteiger partial charge in [-0.3, -0.25) is 4.79 Å². The van der Waals surface area contributed by atoms with E-state index in [1.54, 1.807) is 12.4 Å². The summed E-state index contributed by atoms with van der Waals surface area (Å²) in [6.07, 6.45) is 3.08. The molecule has 2 aromatic rings. The molecule has 1 aliphatic rings. The molecule has 0 unspecified atom stereocenters. The minimum atomic E-state index is -0.539. The van der Waals surface area contributed by atoms with Gasteiger partial charge in [-0.15, -0.1) is 0 Å². The average molecular weight is 272 g/mol. The standard InChI is InChI=1S/C14H16N4O2/c15-13(20)6-9-7-18(8-12(9)19)11-3-5-17-14-10(11)2-1-4-16-14/h1-5,9,12,19H,6-8H2,(H2,15,20)/t9-,12-/m1/s1. The van der Waals surface area contributed by atoms with Gasteiger partial charge in [0.2, 0.25) is 5.91 Å². The molecule has 6 heteroatoms. The summed E-state index contributed by atoms with van der Waals surface area (Å²) in [6.45, 7) is 1.10. The summed E-state index contributed by atoms with van der Waals surface area (Å²) >= 11 is 0. The molecule has 0 radical (unpaired) electrons. The molecular weight excluding hydrogens is 256 g/mol. The van der Waals surface area contributed by atoms with E-state index in [9.17, 15) is 9.90 Å². The van der Waals surface area contributed by atoms with E-state index >= 15 is 0 Å². The number of hydrogen-bond donors (Lipinski definition) is 2. The van der Waals surface area contributed by atoms with Crippen LogP contribution in [0.25, 0.3) is 11.0 Å². The van der Waals surface area contributed by atoms with Gasteiger partial charge in [0.1, 0.15) is 0 Å². The quantitative estimate of drug-likeness (QED) is 0.838. The van der Waals surface area contributed by atoms with Crippen LogP contribution in [0.3, 0.4) is 0 Å². The van der Waals surface area contributed by atoms with Gasteiger partial charge in [0, 0.05) is 48.9 Å². The lowest BCUT2D eigenvalue weighted by Crippen LogP contribution is -2.24. The summed E-state index contributed by atoms with van der Waals surface area (Å²) in [7, 11) is 0. The van der Waals surface area contributed by atoms with E-state index in [1.165, 1.54) is 0 Å². The molecule has 0 aliphatic carbocycles. The fraction of sp³-hybridized carbons (Fsp3) is 0.357. The summed E-state index contributed by atoms with van der Waals surface area (Å²) in [5.74, 6) is -0.496. The maximum atomic E-state index is 11.0. The number of fused-ring (bicyclic) bond motifs is 1. The van der Waals surface area contributed by atoms with E-state index in [0.717, 1.165) is 11.1 Å². The predicted molar refractivity (Wildman–Crippen MR) is 75.1 cm³/mol. The van der Waals surface area contributed by atoms with Crippen molar-refractivity contribution in [2.45, 2.75) is 12.5 Å². The number of aromatic nitrogens is 2. The molecule has 0 spiro atoms. The molecule has 3 N–H and O–H groups in total. The van der Waals surface area contributed by atoms with Crippen molar-refractivity contribution in [1.29, 1.82) is 0 Å². The van der Waals surface area contributed by atoms with Gasteiger partial charge in [-0.1, -0.05) is 0 Å². The lowest BCUT2D eigenvalue weighted by molar-refractivity contribution is -0.119. The van der Waals surface area contributed by atoms with Crippen LogP contribution < -0.4 is 10.6 Å². The maximum Gasteiger partial charge on any atom is 0.217 e. The molecule has 2 atom stereocenters. The Morgan fingerprint density at radius 1 is 1.35 bits per heavy atom. The van der Waals surface area contributed by atoms with Crippen molar-refractivity contribution < 1.29 is 9.90 Å². The van der Waals surface area contributed by atoms with Crippen molar-refractivity contribution in [3.8, 4) is 0 Å². The molecule has 20 heavy (non-hydrogen) atoms. The Kier molecular flexibility index (Phi) is 3.23. The zero-order chi connectivity index (χ0) is 14.1. The van der Waals surface area contributed by atoms with Crippen molar-refractivity contribution in [3.05, 3.63) is 30.6 Å². The Balaban J connectivity index is 1.91. The number of amides is 1. The number of pyridine rings is 2. The molecule has 3 rings (SSSR count). The normalized spacial score (nSPS) is 22.4. The average Bonchev–Trinajstić information content (AvgIpc) is 2.78. The lowest BCUT2D eigenvalue weighted by Gasteiger charge is -2.19. The predicted octanol–water partition coefficient (Wildman–Crippen LogP) is 0.302. The fourth-order valence-corrected chi connectivity index (χ4v) is 2.75. The molecular formula is C14H16N4O2. The largest absolute Gasteiger partial charge is 0.391 e. The van der Waals surface area contributed by atoms with Crippen molar-refractivity contribution in [1.82, 2.24) is 9.97 Å². The first-order valence-electron chi connectivity index (χ1n) is 6.56. The maximum absolute atomic E-state index is 11.0. The number of aliphatic hydroxyl groups excluding tert-OH is 1. The highest BCUT2D eigenvalue weighted by Crippen LogP contribution is 2.30. The third kappa shape index (κ3) is 2.30. The SMILES string of the molecule is NC(=O)C[C@@H]1CN(c2ccnc3ncccc23)C[C@H]1O. The Morgan fingerprint density at radius 2 is 2.15 bits per heavy atom. The highest BCUT2D eigenvalue weighted by Gasteiger charge is 2.33. The number of primary amides is 1. The number of hydrogen-bond acceptors (Lipinski definition) is 5. The van der Waals surface area contributed by atoms with Gasteiger partial charge in [0.05, 0.1) is 6.10 Å². The van der Waals surface area contributed by atoms with Crippen LogP contribution in [-0.2, 0) is 4.79 Å². The minimum Gasteiger partial charge on any atom is -0.391 e. The number of rotatable bonds is 3. The summed E-state index contributed by atoms with van der Waals surface area (Å²) in [6, 6.07) is 5.72. The summed E-state index contributed by atoms with van der Waals surface area (Å²) < 4.78 is 0. The first kappa shape index (κ1) is 12.8. The second kappa shape index (κ2) is 5.05. The Labute approximate surface area is 116 Å². The molecule has 1 aliphatic heterocycles. The van der Waals surface area contributed by atoms with E-state index in [1.807, 2.05) is 18.2 Å². The van der Waals surface area contributed by atoms with Crippen LogP contribution in [-0.4, -0.2) is 40.2 Å². The van der Waals surface area contributed by atoms with Crippen molar-refractivity contribution in [2.24, 2.45) is 11.7 Å². The second-order valence-corrected chi connectivity index (χ2v) is 5.11. The molecule has 6 nitrogen and oxygen atoms in total. The Morgan fingerprint density at radius 3 is 2.95 bits per heavy atom. The van der Waals surface area contributed by atoms with Gasteiger partial charge >= 0.3 is 0 Å². The highest BCUT2D eigenvalue weighted by molar-refractivity contribution is 5.89. The number of carbonyl (C=O) groups is 1. The van der Waals surface area contributed by atoms with Gasteiger partial charge in [0.25, 0.3) is 0 Å². The van der Waals surface area contributed by atoms with Gasteiger partial charge in [-0.05, 0) is 18.2 Å². The molecule has 1 amide bonds. The van der Waals surface area contributed by atoms with Crippen molar-refractivity contribution in [2.75, 3.05) is 18.0 Å². The van der Waals surface area contributed by atoms with Crippen LogP contribution in [0.4, 0.5) is 5.69 Å². The van der Waals surface area contributed by atoms with Crippen LogP contribution in [0.5, 0.6) is 0 Å². The van der Waals surface area contributed by atoms with Crippen LogP contribution in [0, 0.1) is 5.92 Å². The summed E-state index contributed by atoms with van der Waals surface area (Å²) in [4.78, 5) is 21.5. The lowest BCUT2D eigenvalue weighted by atomic mass is 10.0. The van der Waals surface area contributed by atoms with Gasteiger partial charge in [-0.2, -0.15) is 0 Å². The molecule has 0 bridgehead atoms. The van der Waals surface area contributed by atoms with Gasteiger partial charge in [0.15, 0.2) is 5.65 Å². The molecule has 2 aromatic heterocycles. The summed E-state index contributed by atoms with van der Waals surface area (Å²) in [5, 5.41) is 11.0. The summed E-state index contributed by atoms with van der Waals surface area (Å²) in [5.41, 5.74) is 6.88. The number of aliphatic hydroxyl groups is 1.